The molecule has 0 spiro atoms. The lowest BCUT2D eigenvalue weighted by Crippen LogP contribution is -2.34. The molecule has 0 aromatic rings. The zero-order valence-corrected chi connectivity index (χ0v) is 19.6. The maximum absolute atomic E-state index is 10.1. The molecule has 0 heterocycles. The van der Waals surface area contributed by atoms with E-state index >= 15 is 0 Å². The Bertz CT molecular complexity index is 679. The molecule has 0 aromatic heterocycles. The standard InChI is InChI=1S/C6H14N2O2.C5H9NO4.C4H8N2O3.C3H7NO3/c7-4-2-1-3-5(8)6(9)10;6-3(5(9)10)1-2-4(7)8;5-2(4(8)9)1-3(6)7;4-2(1-5)3(6)7/h5H,1-4,7-8H2,(H,9,10);3H,1-2,6H2,(H,7,8)(H,9,10);2H,1,5H2,(H2,6,7)(H,8,9);2,5H,1,4H2,(H,6,7)/t5-;3-;2*2-/m0000/s1. The third-order valence-electron chi connectivity index (χ3n) is 3.53. The molecular formula is C18H38N6O12. The Labute approximate surface area is 206 Å². The molecule has 0 unspecified atom stereocenters. The summed E-state index contributed by atoms with van der Waals surface area (Å²) in [7, 11) is 0. The molecule has 0 aliphatic heterocycles. The van der Waals surface area contributed by atoms with Gasteiger partial charge in [0, 0.05) is 6.42 Å². The van der Waals surface area contributed by atoms with Gasteiger partial charge in [-0.05, 0) is 25.8 Å². The van der Waals surface area contributed by atoms with Crippen LogP contribution in [0.5, 0.6) is 0 Å². The molecule has 0 saturated carbocycles. The number of carboxylic acid groups (broad SMARTS) is 5. The van der Waals surface area contributed by atoms with Crippen LogP contribution in [0.25, 0.3) is 0 Å². The molecule has 0 bridgehead atoms. The second-order valence-electron chi connectivity index (χ2n) is 6.85. The van der Waals surface area contributed by atoms with Crippen molar-refractivity contribution < 1.29 is 59.4 Å². The van der Waals surface area contributed by atoms with Crippen LogP contribution in [-0.4, -0.2) is 104 Å². The molecule has 0 fully saturated rings. The van der Waals surface area contributed by atoms with Crippen molar-refractivity contribution in [3.05, 3.63) is 0 Å². The zero-order chi connectivity index (χ0) is 29.4. The van der Waals surface area contributed by atoms with Gasteiger partial charge in [0.15, 0.2) is 0 Å². The minimum absolute atomic E-state index is 0.0231. The Morgan fingerprint density at radius 3 is 1.22 bits per heavy atom. The van der Waals surface area contributed by atoms with Crippen molar-refractivity contribution in [3.8, 4) is 0 Å². The van der Waals surface area contributed by atoms with Crippen LogP contribution < -0.4 is 34.4 Å². The Morgan fingerprint density at radius 1 is 0.611 bits per heavy atom. The van der Waals surface area contributed by atoms with E-state index < -0.39 is 66.5 Å². The van der Waals surface area contributed by atoms with Gasteiger partial charge >= 0.3 is 29.8 Å². The Balaban J connectivity index is -0.000000191. The zero-order valence-electron chi connectivity index (χ0n) is 19.6. The second-order valence-corrected chi connectivity index (χ2v) is 6.85. The Morgan fingerprint density at radius 2 is 1.00 bits per heavy atom. The lowest BCUT2D eigenvalue weighted by Gasteiger charge is -2.03. The van der Waals surface area contributed by atoms with Gasteiger partial charge in [0.25, 0.3) is 0 Å². The van der Waals surface area contributed by atoms with Crippen LogP contribution in [0.2, 0.25) is 0 Å². The number of nitrogens with two attached hydrogens (primary N) is 6. The number of aliphatic hydroxyl groups excluding tert-OH is 1. The molecule has 0 radical (unpaired) electrons. The summed E-state index contributed by atoms with van der Waals surface area (Å²) in [5.74, 6) is -6.23. The van der Waals surface area contributed by atoms with E-state index in [1.54, 1.807) is 0 Å². The normalized spacial score (nSPS) is 12.8. The number of carboxylic acids is 5. The van der Waals surface area contributed by atoms with Crippen molar-refractivity contribution in [3.63, 3.8) is 0 Å². The Hall–Kier alpha value is -3.42. The first-order valence-corrected chi connectivity index (χ1v) is 10.2. The lowest BCUT2D eigenvalue weighted by atomic mass is 10.1. The van der Waals surface area contributed by atoms with E-state index in [0.717, 1.165) is 12.8 Å². The molecule has 0 aliphatic carbocycles. The molecule has 0 aromatic carbocycles. The van der Waals surface area contributed by atoms with Crippen LogP contribution in [0.4, 0.5) is 0 Å². The average molecular weight is 531 g/mol. The van der Waals surface area contributed by atoms with Crippen molar-refractivity contribution in [2.24, 2.45) is 34.4 Å². The van der Waals surface area contributed by atoms with E-state index in [9.17, 15) is 28.8 Å². The van der Waals surface area contributed by atoms with Gasteiger partial charge in [-0.25, -0.2) is 0 Å². The summed E-state index contributed by atoms with van der Waals surface area (Å²) < 4.78 is 0. The van der Waals surface area contributed by atoms with Crippen molar-refractivity contribution in [2.75, 3.05) is 13.2 Å². The van der Waals surface area contributed by atoms with Crippen molar-refractivity contribution in [2.45, 2.75) is 62.7 Å². The lowest BCUT2D eigenvalue weighted by molar-refractivity contribution is -0.141. The monoisotopic (exact) mass is 530 g/mol. The minimum Gasteiger partial charge on any atom is -0.481 e. The third kappa shape index (κ3) is 32.8. The van der Waals surface area contributed by atoms with E-state index in [0.29, 0.717) is 13.0 Å². The molecule has 18 heteroatoms. The van der Waals surface area contributed by atoms with Crippen LogP contribution in [0.3, 0.4) is 0 Å². The molecule has 18 nitrogen and oxygen atoms in total. The largest absolute Gasteiger partial charge is 0.481 e. The number of carbonyl (C=O) groups is 6. The predicted octanol–water partition coefficient (Wildman–Crippen LogP) is -4.55. The van der Waals surface area contributed by atoms with Gasteiger partial charge in [0.05, 0.1) is 13.0 Å². The summed E-state index contributed by atoms with van der Waals surface area (Å²) in [6.45, 7) is 0.0989. The molecular weight excluding hydrogens is 492 g/mol. The highest BCUT2D eigenvalue weighted by Gasteiger charge is 2.13. The van der Waals surface area contributed by atoms with E-state index in [2.05, 4.69) is 5.73 Å². The molecule has 0 aliphatic rings. The summed E-state index contributed by atoms with van der Waals surface area (Å²) in [5, 5.41) is 48.6. The molecule has 0 saturated heterocycles. The van der Waals surface area contributed by atoms with Gasteiger partial charge < -0.3 is 65.0 Å². The van der Waals surface area contributed by atoms with Gasteiger partial charge in [0.1, 0.15) is 24.2 Å². The third-order valence-corrected chi connectivity index (χ3v) is 3.53. The van der Waals surface area contributed by atoms with Crippen LogP contribution in [-0.2, 0) is 28.8 Å². The van der Waals surface area contributed by atoms with Crippen molar-refractivity contribution in [1.82, 2.24) is 0 Å². The first-order valence-electron chi connectivity index (χ1n) is 10.2. The highest BCUT2D eigenvalue weighted by Crippen LogP contribution is 1.97. The molecule has 1 amide bonds. The fourth-order valence-electron chi connectivity index (χ4n) is 1.42. The van der Waals surface area contributed by atoms with E-state index in [1.807, 2.05) is 0 Å². The number of aliphatic hydroxyl groups is 1. The summed E-state index contributed by atoms with van der Waals surface area (Å²) in [4.78, 5) is 59.5. The number of hydrogen-bond acceptors (Lipinski definition) is 12. The molecule has 0 rings (SSSR count). The summed E-state index contributed by atoms with van der Waals surface area (Å²) in [5.41, 5.74) is 29.8. The summed E-state index contributed by atoms with van der Waals surface area (Å²) >= 11 is 0. The number of carbonyl (C=O) groups excluding carboxylic acids is 1. The maximum atomic E-state index is 10.1. The molecule has 212 valence electrons. The molecule has 4 atom stereocenters. The van der Waals surface area contributed by atoms with Gasteiger partial charge in [-0.3, -0.25) is 28.8 Å². The predicted molar refractivity (Wildman–Crippen MR) is 123 cm³/mol. The van der Waals surface area contributed by atoms with Gasteiger partial charge in [0.2, 0.25) is 5.91 Å². The van der Waals surface area contributed by atoms with Gasteiger partial charge in [-0.2, -0.15) is 0 Å². The minimum atomic E-state index is -1.21. The van der Waals surface area contributed by atoms with Crippen LogP contribution in [0, 0.1) is 0 Å². The average Bonchev–Trinajstić information content (AvgIpc) is 2.77. The number of hydrogen-bond donors (Lipinski definition) is 12. The number of unbranched alkanes of at least 4 members (excludes halogenated alkanes) is 1. The fourth-order valence-corrected chi connectivity index (χ4v) is 1.42. The van der Waals surface area contributed by atoms with E-state index in [4.69, 9.17) is 59.3 Å². The highest BCUT2D eigenvalue weighted by molar-refractivity contribution is 5.83. The van der Waals surface area contributed by atoms with Crippen LogP contribution in [0.15, 0.2) is 0 Å². The van der Waals surface area contributed by atoms with Crippen molar-refractivity contribution >= 4 is 35.8 Å². The maximum Gasteiger partial charge on any atom is 0.322 e. The van der Waals surface area contributed by atoms with Crippen LogP contribution >= 0.6 is 0 Å². The first-order chi connectivity index (χ1) is 16.4. The number of amides is 1. The SMILES string of the molecule is NC(=O)C[C@H](N)C(=O)O.NCCCC[C@H](N)C(=O)O.N[C@@H](CCC(=O)O)C(=O)O.N[C@@H](CO)C(=O)O. The van der Waals surface area contributed by atoms with Gasteiger partial charge in [-0.1, -0.05) is 6.42 Å². The fraction of sp³-hybridized carbons (Fsp3) is 0.667. The first kappa shape index (κ1) is 39.8. The molecule has 36 heavy (non-hydrogen) atoms. The van der Waals surface area contributed by atoms with E-state index in [-0.39, 0.29) is 19.3 Å². The van der Waals surface area contributed by atoms with Crippen molar-refractivity contribution in [1.29, 1.82) is 0 Å². The molecule has 18 N–H and O–H groups in total. The Kier molecular flexibility index (Phi) is 27.3. The second kappa shape index (κ2) is 24.7. The van der Waals surface area contributed by atoms with Gasteiger partial charge in [-0.15, -0.1) is 0 Å². The van der Waals surface area contributed by atoms with Crippen LogP contribution in [0.1, 0.15) is 38.5 Å². The summed E-state index contributed by atoms with van der Waals surface area (Å²) in [6, 6.07) is -4.06. The number of rotatable bonds is 14. The number of aliphatic carboxylic acids is 5. The van der Waals surface area contributed by atoms with E-state index in [1.165, 1.54) is 0 Å². The quantitative estimate of drug-likeness (QED) is 0.0939. The number of primary amides is 1. The topological polar surface area (TPSA) is 380 Å². The smallest absolute Gasteiger partial charge is 0.322 e. The highest BCUT2D eigenvalue weighted by atomic mass is 16.4. The summed E-state index contributed by atoms with van der Waals surface area (Å²) in [6.07, 6.45) is 1.63.